The van der Waals surface area contributed by atoms with Crippen LogP contribution in [0.3, 0.4) is 0 Å². The molecule has 1 aliphatic rings. The van der Waals surface area contributed by atoms with Gasteiger partial charge in [-0.1, -0.05) is 12.1 Å². The molecular formula is C8H14N6O. The molecule has 2 heterocycles. The van der Waals surface area contributed by atoms with Gasteiger partial charge in [-0.2, -0.15) is 5.21 Å². The molecule has 3 N–H and O–H groups in total. The molecule has 1 aliphatic heterocycles. The number of aromatic amines is 1. The van der Waals surface area contributed by atoms with Gasteiger partial charge in [0.05, 0.1) is 6.54 Å². The van der Waals surface area contributed by atoms with Crippen molar-refractivity contribution in [3.05, 3.63) is 5.82 Å². The molecule has 0 aromatic carbocycles. The van der Waals surface area contributed by atoms with Gasteiger partial charge in [0.1, 0.15) is 0 Å². The van der Waals surface area contributed by atoms with Crippen LogP contribution in [0.25, 0.3) is 0 Å². The van der Waals surface area contributed by atoms with Crippen LogP contribution in [0.2, 0.25) is 0 Å². The molecule has 1 saturated heterocycles. The fourth-order valence-electron chi connectivity index (χ4n) is 1.46. The Bertz CT molecular complexity index is 320. The van der Waals surface area contributed by atoms with Gasteiger partial charge in [-0.15, -0.1) is 10.2 Å². The molecule has 2 rings (SSSR count). The van der Waals surface area contributed by atoms with Crippen LogP contribution in [-0.4, -0.2) is 39.6 Å². The van der Waals surface area contributed by atoms with Crippen molar-refractivity contribution in [1.29, 1.82) is 0 Å². The van der Waals surface area contributed by atoms with Gasteiger partial charge < -0.3 is 10.6 Å². The van der Waals surface area contributed by atoms with Crippen LogP contribution in [0, 0.1) is 11.8 Å². The summed E-state index contributed by atoms with van der Waals surface area (Å²) in [5.74, 6) is 1.04. The Kier molecular flexibility index (Phi) is 2.91. The first kappa shape index (κ1) is 10.0. The molecule has 1 amide bonds. The van der Waals surface area contributed by atoms with E-state index in [4.69, 9.17) is 0 Å². The van der Waals surface area contributed by atoms with E-state index < -0.39 is 0 Å². The van der Waals surface area contributed by atoms with Gasteiger partial charge in [0.25, 0.3) is 0 Å². The highest BCUT2D eigenvalue weighted by atomic mass is 16.1. The Labute approximate surface area is 87.0 Å². The van der Waals surface area contributed by atoms with Crippen molar-refractivity contribution in [2.24, 2.45) is 11.8 Å². The maximum atomic E-state index is 11.6. The summed E-state index contributed by atoms with van der Waals surface area (Å²) in [6.07, 6.45) is 0. The molecule has 15 heavy (non-hydrogen) atoms. The Morgan fingerprint density at radius 1 is 1.67 bits per heavy atom. The van der Waals surface area contributed by atoms with Crippen molar-refractivity contribution in [3.8, 4) is 0 Å². The molecule has 0 aliphatic carbocycles. The van der Waals surface area contributed by atoms with Crippen molar-refractivity contribution in [2.45, 2.75) is 13.5 Å². The first-order chi connectivity index (χ1) is 7.27. The molecule has 7 heteroatoms. The summed E-state index contributed by atoms with van der Waals surface area (Å²) in [5.41, 5.74) is 0. The molecule has 7 nitrogen and oxygen atoms in total. The van der Waals surface area contributed by atoms with E-state index in [-0.39, 0.29) is 11.8 Å². The van der Waals surface area contributed by atoms with Crippen LogP contribution in [0.4, 0.5) is 0 Å². The lowest BCUT2D eigenvalue weighted by atomic mass is 9.88. The fourth-order valence-corrected chi connectivity index (χ4v) is 1.46. The van der Waals surface area contributed by atoms with Gasteiger partial charge in [0.2, 0.25) is 5.91 Å². The first-order valence-electron chi connectivity index (χ1n) is 4.98. The van der Waals surface area contributed by atoms with Gasteiger partial charge in [-0.3, -0.25) is 4.79 Å². The zero-order chi connectivity index (χ0) is 10.7. The average molecular weight is 210 g/mol. The minimum atomic E-state index is 0.0400. The summed E-state index contributed by atoms with van der Waals surface area (Å²) in [5, 5.41) is 19.2. The number of hydrogen-bond acceptors (Lipinski definition) is 5. The van der Waals surface area contributed by atoms with Crippen LogP contribution in [0.15, 0.2) is 0 Å². The number of tetrazole rings is 1. The summed E-state index contributed by atoms with van der Waals surface area (Å²) in [7, 11) is 0. The third kappa shape index (κ3) is 2.30. The maximum Gasteiger partial charge on any atom is 0.223 e. The number of nitrogens with one attached hydrogen (secondary N) is 3. The molecule has 1 aromatic heterocycles. The van der Waals surface area contributed by atoms with Gasteiger partial charge in [0, 0.05) is 5.92 Å². The van der Waals surface area contributed by atoms with Crippen molar-refractivity contribution in [1.82, 2.24) is 31.3 Å². The number of amides is 1. The van der Waals surface area contributed by atoms with Crippen molar-refractivity contribution < 1.29 is 4.79 Å². The van der Waals surface area contributed by atoms with Gasteiger partial charge in [0.15, 0.2) is 5.82 Å². The predicted molar refractivity (Wildman–Crippen MR) is 51.5 cm³/mol. The second-order valence-electron chi connectivity index (χ2n) is 3.75. The standard InChI is InChI=1S/C8H14N6O/c1-5(6-2-9-3-6)8(15)10-4-7-11-13-14-12-7/h5-6,9H,2-4H2,1H3,(H,10,15)(H,11,12,13,14). The van der Waals surface area contributed by atoms with Crippen LogP contribution < -0.4 is 10.6 Å². The normalized spacial score (nSPS) is 18.2. The van der Waals surface area contributed by atoms with E-state index in [2.05, 4.69) is 31.3 Å². The molecule has 0 bridgehead atoms. The molecule has 0 radical (unpaired) electrons. The molecule has 1 aromatic rings. The Balaban J connectivity index is 1.76. The number of carbonyl (C=O) groups is 1. The summed E-state index contributed by atoms with van der Waals surface area (Å²) in [4.78, 5) is 11.6. The monoisotopic (exact) mass is 210 g/mol. The highest BCUT2D eigenvalue weighted by Gasteiger charge is 2.28. The highest BCUT2D eigenvalue weighted by molar-refractivity contribution is 5.78. The van der Waals surface area contributed by atoms with Gasteiger partial charge in [-0.05, 0) is 19.0 Å². The second-order valence-corrected chi connectivity index (χ2v) is 3.75. The van der Waals surface area contributed by atoms with Crippen molar-refractivity contribution in [2.75, 3.05) is 13.1 Å². The Hall–Kier alpha value is -1.50. The fraction of sp³-hybridized carbons (Fsp3) is 0.750. The van der Waals surface area contributed by atoms with Crippen LogP contribution in [0.5, 0.6) is 0 Å². The van der Waals surface area contributed by atoms with E-state index in [9.17, 15) is 4.79 Å². The minimum Gasteiger partial charge on any atom is -0.348 e. The van der Waals surface area contributed by atoms with Gasteiger partial charge >= 0.3 is 0 Å². The summed E-state index contributed by atoms with van der Waals surface area (Å²) in [6, 6.07) is 0. The van der Waals surface area contributed by atoms with Crippen LogP contribution >= 0.6 is 0 Å². The molecule has 0 saturated carbocycles. The number of nitrogens with zero attached hydrogens (tertiary/aromatic N) is 3. The van der Waals surface area contributed by atoms with Crippen molar-refractivity contribution in [3.63, 3.8) is 0 Å². The maximum absolute atomic E-state index is 11.6. The third-order valence-corrected chi connectivity index (χ3v) is 2.74. The summed E-state index contributed by atoms with van der Waals surface area (Å²) in [6.45, 7) is 4.13. The minimum absolute atomic E-state index is 0.0400. The quantitative estimate of drug-likeness (QED) is 0.572. The van der Waals surface area contributed by atoms with Crippen LogP contribution in [0.1, 0.15) is 12.7 Å². The van der Waals surface area contributed by atoms with E-state index in [0.29, 0.717) is 18.3 Å². The Morgan fingerprint density at radius 3 is 3.00 bits per heavy atom. The molecule has 0 spiro atoms. The number of hydrogen-bond donors (Lipinski definition) is 3. The third-order valence-electron chi connectivity index (χ3n) is 2.74. The van der Waals surface area contributed by atoms with Crippen LogP contribution in [-0.2, 0) is 11.3 Å². The van der Waals surface area contributed by atoms with Gasteiger partial charge in [-0.25, -0.2) is 0 Å². The topological polar surface area (TPSA) is 95.6 Å². The van der Waals surface area contributed by atoms with E-state index >= 15 is 0 Å². The zero-order valence-electron chi connectivity index (χ0n) is 8.53. The average Bonchev–Trinajstić information content (AvgIpc) is 2.63. The van der Waals surface area contributed by atoms with Crippen molar-refractivity contribution >= 4 is 5.91 Å². The Morgan fingerprint density at radius 2 is 2.47 bits per heavy atom. The summed E-state index contributed by atoms with van der Waals surface area (Å²) < 4.78 is 0. The lowest BCUT2D eigenvalue weighted by Crippen LogP contribution is -2.49. The molecule has 82 valence electrons. The summed E-state index contributed by atoms with van der Waals surface area (Å²) >= 11 is 0. The van der Waals surface area contributed by atoms with E-state index in [1.165, 1.54) is 0 Å². The number of aromatic nitrogens is 4. The molecular weight excluding hydrogens is 196 g/mol. The lowest BCUT2D eigenvalue weighted by molar-refractivity contribution is -0.126. The van der Waals surface area contributed by atoms with E-state index in [0.717, 1.165) is 13.1 Å². The smallest absolute Gasteiger partial charge is 0.223 e. The zero-order valence-corrected chi connectivity index (χ0v) is 8.53. The largest absolute Gasteiger partial charge is 0.348 e. The first-order valence-corrected chi connectivity index (χ1v) is 4.98. The number of H-pyrrole nitrogens is 1. The SMILES string of the molecule is CC(C(=O)NCc1nn[nH]n1)C1CNC1. The van der Waals surface area contributed by atoms with E-state index in [1.54, 1.807) is 0 Å². The highest BCUT2D eigenvalue weighted by Crippen LogP contribution is 2.15. The predicted octanol–water partition coefficient (Wildman–Crippen LogP) is -1.33. The number of rotatable bonds is 4. The molecule has 1 atom stereocenters. The molecule has 1 fully saturated rings. The lowest BCUT2D eigenvalue weighted by Gasteiger charge is -2.31. The number of carbonyl (C=O) groups excluding carboxylic acids is 1. The van der Waals surface area contributed by atoms with E-state index in [1.807, 2.05) is 6.92 Å². The molecule has 1 unspecified atom stereocenters. The second kappa shape index (κ2) is 4.35.